The van der Waals surface area contributed by atoms with Crippen molar-refractivity contribution in [1.29, 1.82) is 0 Å². The molecule has 7 nitrogen and oxygen atoms in total. The van der Waals surface area contributed by atoms with Gasteiger partial charge in [0.1, 0.15) is 17.3 Å². The zero-order valence-corrected chi connectivity index (χ0v) is 10.8. The smallest absolute Gasteiger partial charge is 0.281 e. The Morgan fingerprint density at radius 1 is 1.32 bits per heavy atom. The van der Waals surface area contributed by atoms with Gasteiger partial charge in [-0.15, -0.1) is 4.91 Å². The van der Waals surface area contributed by atoms with Crippen LogP contribution in [0.2, 0.25) is 0 Å². The van der Waals surface area contributed by atoms with E-state index in [1.165, 1.54) is 27.2 Å². The normalized spacial score (nSPS) is 11.3. The van der Waals surface area contributed by atoms with E-state index in [1.807, 2.05) is 0 Å². The second-order valence-electron chi connectivity index (χ2n) is 3.55. The molecule has 0 radical (unpaired) electrons. The van der Waals surface area contributed by atoms with Crippen LogP contribution >= 0.6 is 0 Å². The number of nitrogens with one attached hydrogen (secondary N) is 1. The third kappa shape index (κ3) is 3.44. The number of ether oxygens (including phenoxy) is 2. The maximum absolute atomic E-state index is 11.7. The van der Waals surface area contributed by atoms with Gasteiger partial charge in [-0.2, -0.15) is 0 Å². The molecule has 0 fully saturated rings. The number of amides is 1. The first-order valence-corrected chi connectivity index (χ1v) is 5.30. The zero-order chi connectivity index (χ0) is 14.4. The largest absolute Gasteiger partial charge is 0.510 e. The van der Waals surface area contributed by atoms with Crippen molar-refractivity contribution in [2.24, 2.45) is 5.18 Å². The van der Waals surface area contributed by atoms with E-state index in [1.54, 1.807) is 12.1 Å². The van der Waals surface area contributed by atoms with E-state index in [0.717, 1.165) is 0 Å². The molecule has 0 aliphatic heterocycles. The molecule has 1 aromatic rings. The summed E-state index contributed by atoms with van der Waals surface area (Å²) in [6, 6.07) is 4.77. The lowest BCUT2D eigenvalue weighted by Crippen LogP contribution is -2.15. The molecule has 0 unspecified atom stereocenters. The second-order valence-corrected chi connectivity index (χ2v) is 3.55. The fourth-order valence-electron chi connectivity index (χ4n) is 1.37. The van der Waals surface area contributed by atoms with E-state index < -0.39 is 17.4 Å². The number of methoxy groups -OCH3 is 2. The maximum Gasteiger partial charge on any atom is 0.281 e. The summed E-state index contributed by atoms with van der Waals surface area (Å²) < 4.78 is 10.1. The van der Waals surface area contributed by atoms with Crippen molar-refractivity contribution < 1.29 is 19.4 Å². The number of anilines is 1. The molecule has 0 heterocycles. The van der Waals surface area contributed by atoms with Gasteiger partial charge in [-0.25, -0.2) is 0 Å². The van der Waals surface area contributed by atoms with Crippen LogP contribution in [0.25, 0.3) is 0 Å². The fourth-order valence-corrected chi connectivity index (χ4v) is 1.37. The number of carbonyl (C=O) groups excluding carboxylic acids is 1. The minimum atomic E-state index is -0.832. The van der Waals surface area contributed by atoms with Crippen LogP contribution in [-0.4, -0.2) is 25.2 Å². The van der Waals surface area contributed by atoms with Crippen LogP contribution in [0.4, 0.5) is 5.69 Å². The number of rotatable bonds is 5. The van der Waals surface area contributed by atoms with Gasteiger partial charge in [0.05, 0.1) is 19.9 Å². The minimum absolute atomic E-state index is 0.300. The van der Waals surface area contributed by atoms with Crippen molar-refractivity contribution in [3.05, 3.63) is 34.6 Å². The number of carbonyl (C=O) groups is 1. The van der Waals surface area contributed by atoms with E-state index >= 15 is 0 Å². The second kappa shape index (κ2) is 6.39. The van der Waals surface area contributed by atoms with Crippen molar-refractivity contribution in [3.63, 3.8) is 0 Å². The van der Waals surface area contributed by atoms with Gasteiger partial charge in [-0.1, -0.05) is 0 Å². The van der Waals surface area contributed by atoms with Gasteiger partial charge in [-0.05, 0) is 24.2 Å². The van der Waals surface area contributed by atoms with E-state index in [-0.39, 0.29) is 0 Å². The molecule has 0 saturated heterocycles. The predicted octanol–water partition coefficient (Wildman–Crippen LogP) is 2.20. The van der Waals surface area contributed by atoms with Gasteiger partial charge < -0.3 is 19.9 Å². The number of allylic oxidation sites excluding steroid dienone is 1. The number of hydrogen-bond donors (Lipinski definition) is 2. The van der Waals surface area contributed by atoms with Crippen molar-refractivity contribution in [2.75, 3.05) is 19.5 Å². The van der Waals surface area contributed by atoms with Crippen molar-refractivity contribution in [2.45, 2.75) is 6.92 Å². The summed E-state index contributed by atoms with van der Waals surface area (Å²) in [5.74, 6) is -0.410. The van der Waals surface area contributed by atoms with Gasteiger partial charge in [0.25, 0.3) is 5.91 Å². The Labute approximate surface area is 109 Å². The van der Waals surface area contributed by atoms with E-state index in [0.29, 0.717) is 17.2 Å². The summed E-state index contributed by atoms with van der Waals surface area (Å²) in [7, 11) is 2.91. The maximum atomic E-state index is 11.7. The van der Waals surface area contributed by atoms with Crippen LogP contribution in [0.3, 0.4) is 0 Å². The van der Waals surface area contributed by atoms with E-state index in [2.05, 4.69) is 10.5 Å². The quantitative estimate of drug-likeness (QED) is 0.483. The van der Waals surface area contributed by atoms with E-state index in [9.17, 15) is 9.70 Å². The van der Waals surface area contributed by atoms with Crippen LogP contribution in [0.15, 0.2) is 34.8 Å². The van der Waals surface area contributed by atoms with Gasteiger partial charge in [0.2, 0.25) is 5.70 Å². The molecule has 102 valence electrons. The van der Waals surface area contributed by atoms with Crippen LogP contribution in [0.5, 0.6) is 11.5 Å². The van der Waals surface area contributed by atoms with Gasteiger partial charge in [0.15, 0.2) is 0 Å². The molecule has 7 heteroatoms. The summed E-state index contributed by atoms with van der Waals surface area (Å²) >= 11 is 0. The van der Waals surface area contributed by atoms with Crippen molar-refractivity contribution >= 4 is 11.6 Å². The first-order chi connectivity index (χ1) is 9.03. The average molecular weight is 266 g/mol. The lowest BCUT2D eigenvalue weighted by atomic mass is 10.2. The fraction of sp³-hybridized carbons (Fsp3) is 0.250. The Bertz CT molecular complexity index is 521. The van der Waals surface area contributed by atoms with Gasteiger partial charge in [-0.3, -0.25) is 4.79 Å². The Balaban J connectivity index is 3.07. The first kappa shape index (κ1) is 14.5. The molecule has 19 heavy (non-hydrogen) atoms. The average Bonchev–Trinajstić information content (AvgIpc) is 2.38. The number of nitroso groups, excluding NO2 is 1. The molecule has 0 saturated carbocycles. The molecular formula is C12H14N2O5. The number of nitrogens with zero attached hydrogens (tertiary/aromatic N) is 1. The van der Waals surface area contributed by atoms with Crippen LogP contribution < -0.4 is 14.8 Å². The molecule has 0 atom stereocenters. The highest BCUT2D eigenvalue weighted by molar-refractivity contribution is 6.04. The SMILES string of the molecule is COc1ccc(OC)c(NC(=O)/C(N=O)=C(/C)O)c1. The highest BCUT2D eigenvalue weighted by Gasteiger charge is 2.16. The minimum Gasteiger partial charge on any atom is -0.510 e. The zero-order valence-electron chi connectivity index (χ0n) is 10.8. The molecular weight excluding hydrogens is 252 g/mol. The summed E-state index contributed by atoms with van der Waals surface area (Å²) in [6.45, 7) is 1.19. The molecule has 1 amide bonds. The van der Waals surface area contributed by atoms with Crippen LogP contribution in [0.1, 0.15) is 6.92 Å². The van der Waals surface area contributed by atoms with Crippen molar-refractivity contribution in [3.8, 4) is 11.5 Å². The highest BCUT2D eigenvalue weighted by atomic mass is 16.5. The van der Waals surface area contributed by atoms with Crippen molar-refractivity contribution in [1.82, 2.24) is 0 Å². The molecule has 0 spiro atoms. The molecule has 1 aromatic carbocycles. The molecule has 1 rings (SSSR count). The lowest BCUT2D eigenvalue weighted by Gasteiger charge is -2.11. The third-order valence-electron chi connectivity index (χ3n) is 2.30. The summed E-state index contributed by atoms with van der Waals surface area (Å²) in [4.78, 5) is 22.2. The number of aliphatic hydroxyl groups is 1. The van der Waals surface area contributed by atoms with E-state index in [4.69, 9.17) is 14.6 Å². The standard InChI is InChI=1S/C12H14N2O5/c1-7(15)11(14-17)12(16)13-9-6-8(18-2)4-5-10(9)19-3/h4-6,15H,1-3H3,(H,13,16)/b11-7+. The summed E-state index contributed by atoms with van der Waals surface area (Å²) in [5, 5.41) is 14.0. The lowest BCUT2D eigenvalue weighted by molar-refractivity contribution is -0.113. The van der Waals surface area contributed by atoms with Crippen LogP contribution in [-0.2, 0) is 4.79 Å². The molecule has 0 bridgehead atoms. The topological polar surface area (TPSA) is 97.2 Å². The monoisotopic (exact) mass is 266 g/mol. The molecule has 0 aliphatic rings. The summed E-state index contributed by atoms with van der Waals surface area (Å²) in [6.07, 6.45) is 0. The molecule has 0 aliphatic carbocycles. The Kier molecular flexibility index (Phi) is 4.87. The predicted molar refractivity (Wildman–Crippen MR) is 69.3 cm³/mol. The number of aliphatic hydroxyl groups excluding tert-OH is 1. The van der Waals surface area contributed by atoms with Gasteiger partial charge in [0, 0.05) is 6.07 Å². The van der Waals surface area contributed by atoms with Crippen LogP contribution in [0, 0.1) is 4.91 Å². The Hall–Kier alpha value is -2.57. The Morgan fingerprint density at radius 2 is 2.00 bits per heavy atom. The third-order valence-corrected chi connectivity index (χ3v) is 2.30. The number of hydrogen-bond acceptors (Lipinski definition) is 6. The molecule has 0 aromatic heterocycles. The summed E-state index contributed by atoms with van der Waals surface area (Å²) in [5.41, 5.74) is -0.292. The Morgan fingerprint density at radius 3 is 2.47 bits per heavy atom. The highest BCUT2D eigenvalue weighted by Crippen LogP contribution is 2.29. The van der Waals surface area contributed by atoms with Gasteiger partial charge >= 0.3 is 0 Å². The first-order valence-electron chi connectivity index (χ1n) is 5.30. The molecule has 2 N–H and O–H groups in total. The number of benzene rings is 1.